The summed E-state index contributed by atoms with van der Waals surface area (Å²) >= 11 is 0. The number of fused-ring (bicyclic) bond motifs is 1. The van der Waals surface area contributed by atoms with E-state index in [2.05, 4.69) is 17.1 Å². The van der Waals surface area contributed by atoms with Crippen LogP contribution in [0.5, 0.6) is 0 Å². The first kappa shape index (κ1) is 10.1. The number of ketones is 1. The summed E-state index contributed by atoms with van der Waals surface area (Å²) < 4.78 is 0. The van der Waals surface area contributed by atoms with E-state index in [1.54, 1.807) is 6.92 Å². The van der Waals surface area contributed by atoms with Crippen LogP contribution in [0.4, 0.5) is 0 Å². The highest BCUT2D eigenvalue weighted by Gasteiger charge is 2.43. The van der Waals surface area contributed by atoms with Crippen LogP contribution in [0.1, 0.15) is 26.7 Å². The molecule has 0 aromatic carbocycles. The van der Waals surface area contributed by atoms with Gasteiger partial charge in [-0.25, -0.2) is 0 Å². The number of likely N-dealkylation sites (tertiary alicyclic amines) is 1. The van der Waals surface area contributed by atoms with Crippen LogP contribution in [0.3, 0.4) is 0 Å². The minimum atomic E-state index is 0.192. The average molecular weight is 196 g/mol. The third-order valence-corrected chi connectivity index (χ3v) is 3.69. The van der Waals surface area contributed by atoms with Gasteiger partial charge in [-0.2, -0.15) is 0 Å². The first-order valence-corrected chi connectivity index (χ1v) is 5.72. The summed E-state index contributed by atoms with van der Waals surface area (Å²) in [4.78, 5) is 13.9. The lowest BCUT2D eigenvalue weighted by Crippen LogP contribution is -2.43. The molecule has 0 spiro atoms. The van der Waals surface area contributed by atoms with Crippen LogP contribution >= 0.6 is 0 Å². The van der Waals surface area contributed by atoms with Crippen molar-refractivity contribution in [3.63, 3.8) is 0 Å². The van der Waals surface area contributed by atoms with Crippen molar-refractivity contribution in [1.82, 2.24) is 10.2 Å². The number of likely N-dealkylation sites (N-methyl/N-ethyl adjacent to an activating group) is 1. The molecule has 0 aromatic heterocycles. The van der Waals surface area contributed by atoms with Gasteiger partial charge in [-0.3, -0.25) is 9.69 Å². The van der Waals surface area contributed by atoms with Crippen LogP contribution in [0.15, 0.2) is 0 Å². The van der Waals surface area contributed by atoms with Crippen molar-refractivity contribution in [2.45, 2.75) is 38.8 Å². The molecule has 0 saturated carbocycles. The van der Waals surface area contributed by atoms with Crippen molar-refractivity contribution < 1.29 is 4.79 Å². The summed E-state index contributed by atoms with van der Waals surface area (Å²) in [5, 5.41) is 3.54. The molecule has 2 rings (SSSR count). The quantitative estimate of drug-likeness (QED) is 0.703. The van der Waals surface area contributed by atoms with Gasteiger partial charge in [0, 0.05) is 12.6 Å². The van der Waals surface area contributed by atoms with Crippen LogP contribution in [0.25, 0.3) is 0 Å². The number of rotatable bonds is 2. The molecule has 2 aliphatic rings. The molecule has 3 atom stereocenters. The average Bonchev–Trinajstić information content (AvgIpc) is 2.55. The van der Waals surface area contributed by atoms with Crippen LogP contribution in [0.2, 0.25) is 0 Å². The van der Waals surface area contributed by atoms with Crippen molar-refractivity contribution in [3.8, 4) is 0 Å². The van der Waals surface area contributed by atoms with Gasteiger partial charge in [-0.15, -0.1) is 0 Å². The second kappa shape index (κ2) is 3.99. The zero-order valence-electron chi connectivity index (χ0n) is 9.12. The smallest absolute Gasteiger partial charge is 0.147 e. The van der Waals surface area contributed by atoms with Gasteiger partial charge >= 0.3 is 0 Å². The summed E-state index contributed by atoms with van der Waals surface area (Å²) in [5.74, 6) is 0.921. The fourth-order valence-electron chi connectivity index (χ4n) is 3.08. The molecule has 0 aliphatic carbocycles. The maximum atomic E-state index is 11.6. The molecule has 2 aliphatic heterocycles. The highest BCUT2D eigenvalue weighted by Crippen LogP contribution is 2.31. The molecule has 14 heavy (non-hydrogen) atoms. The standard InChI is InChI=1S/C11H20N2O/c1-3-13-7-10-9(5-4-6-12-10)11(13)8(2)14/h9-12H,3-7H2,1-2H3. The van der Waals surface area contributed by atoms with Gasteiger partial charge in [0.05, 0.1) is 6.04 Å². The van der Waals surface area contributed by atoms with Crippen LogP contribution in [0, 0.1) is 5.92 Å². The Hall–Kier alpha value is -0.410. The summed E-state index contributed by atoms with van der Waals surface area (Å²) in [6, 6.07) is 0.760. The van der Waals surface area contributed by atoms with Crippen LogP contribution < -0.4 is 5.32 Å². The molecule has 1 N–H and O–H groups in total. The van der Waals surface area contributed by atoms with E-state index in [-0.39, 0.29) is 6.04 Å². The number of piperidine rings is 1. The number of hydrogen-bond donors (Lipinski definition) is 1. The van der Waals surface area contributed by atoms with E-state index in [4.69, 9.17) is 0 Å². The second-order valence-electron chi connectivity index (χ2n) is 4.51. The number of hydrogen-bond acceptors (Lipinski definition) is 3. The molecule has 3 nitrogen and oxygen atoms in total. The third kappa shape index (κ3) is 1.59. The lowest BCUT2D eigenvalue weighted by molar-refractivity contribution is -0.122. The molecule has 2 fully saturated rings. The maximum absolute atomic E-state index is 11.6. The molecule has 0 amide bonds. The van der Waals surface area contributed by atoms with E-state index in [9.17, 15) is 4.79 Å². The lowest BCUT2D eigenvalue weighted by Gasteiger charge is -2.29. The molecular weight excluding hydrogens is 176 g/mol. The van der Waals surface area contributed by atoms with Gasteiger partial charge in [0.15, 0.2) is 0 Å². The SMILES string of the molecule is CCN1CC2NCCCC2C1C(C)=O. The number of nitrogens with one attached hydrogen (secondary N) is 1. The third-order valence-electron chi connectivity index (χ3n) is 3.69. The molecule has 0 radical (unpaired) electrons. The van der Waals surface area contributed by atoms with Crippen molar-refractivity contribution in [1.29, 1.82) is 0 Å². The monoisotopic (exact) mass is 196 g/mol. The van der Waals surface area contributed by atoms with E-state index >= 15 is 0 Å². The van der Waals surface area contributed by atoms with E-state index < -0.39 is 0 Å². The minimum absolute atomic E-state index is 0.192. The predicted octanol–water partition coefficient (Wildman–Crippen LogP) is 0.648. The largest absolute Gasteiger partial charge is 0.312 e. The van der Waals surface area contributed by atoms with Crippen molar-refractivity contribution in [3.05, 3.63) is 0 Å². The summed E-state index contributed by atoms with van der Waals surface area (Å²) in [6.07, 6.45) is 2.45. The van der Waals surface area contributed by atoms with Gasteiger partial charge in [0.1, 0.15) is 5.78 Å². The van der Waals surface area contributed by atoms with E-state index in [0.717, 1.165) is 19.6 Å². The Kier molecular flexibility index (Phi) is 2.88. The van der Waals surface area contributed by atoms with Crippen molar-refractivity contribution >= 4 is 5.78 Å². The molecule has 0 bridgehead atoms. The Balaban J connectivity index is 2.14. The number of carbonyl (C=O) groups excluding carboxylic acids is 1. The molecule has 0 aromatic rings. The van der Waals surface area contributed by atoms with Gasteiger partial charge in [-0.1, -0.05) is 6.92 Å². The Labute approximate surface area is 85.8 Å². The molecule has 3 unspecified atom stereocenters. The molecular formula is C11H20N2O. The summed E-state index contributed by atoms with van der Waals surface area (Å²) in [6.45, 7) is 7.07. The van der Waals surface area contributed by atoms with Crippen LogP contribution in [-0.4, -0.2) is 42.4 Å². The maximum Gasteiger partial charge on any atom is 0.147 e. The normalized spacial score (nSPS) is 38.3. The molecule has 2 saturated heterocycles. The number of Topliss-reactive ketones (excluding diaryl/α,β-unsaturated/α-hetero) is 1. The first-order chi connectivity index (χ1) is 6.74. The Morgan fingerprint density at radius 3 is 3.00 bits per heavy atom. The predicted molar refractivity (Wildman–Crippen MR) is 56.2 cm³/mol. The summed E-state index contributed by atoms with van der Waals surface area (Å²) in [5.41, 5.74) is 0. The molecule has 80 valence electrons. The fraction of sp³-hybridized carbons (Fsp3) is 0.909. The highest BCUT2D eigenvalue weighted by molar-refractivity contribution is 5.82. The number of carbonyl (C=O) groups is 1. The van der Waals surface area contributed by atoms with Gasteiger partial charge < -0.3 is 5.32 Å². The van der Waals surface area contributed by atoms with Gasteiger partial charge in [0.25, 0.3) is 0 Å². The first-order valence-electron chi connectivity index (χ1n) is 5.72. The Bertz CT molecular complexity index is 229. The number of nitrogens with zero attached hydrogens (tertiary/aromatic N) is 1. The van der Waals surface area contributed by atoms with E-state index in [1.807, 2.05) is 0 Å². The molecule has 3 heteroatoms. The Morgan fingerprint density at radius 1 is 1.57 bits per heavy atom. The minimum Gasteiger partial charge on any atom is -0.312 e. The zero-order chi connectivity index (χ0) is 10.1. The summed E-state index contributed by atoms with van der Waals surface area (Å²) in [7, 11) is 0. The second-order valence-corrected chi connectivity index (χ2v) is 4.51. The fourth-order valence-corrected chi connectivity index (χ4v) is 3.08. The lowest BCUT2D eigenvalue weighted by atomic mass is 9.87. The zero-order valence-corrected chi connectivity index (χ0v) is 9.12. The molecule has 2 heterocycles. The van der Waals surface area contributed by atoms with Crippen molar-refractivity contribution in [2.24, 2.45) is 5.92 Å². The Morgan fingerprint density at radius 2 is 2.36 bits per heavy atom. The van der Waals surface area contributed by atoms with Crippen LogP contribution in [-0.2, 0) is 4.79 Å². The topological polar surface area (TPSA) is 32.3 Å². The highest BCUT2D eigenvalue weighted by atomic mass is 16.1. The van der Waals surface area contributed by atoms with Gasteiger partial charge in [-0.05, 0) is 38.8 Å². The van der Waals surface area contributed by atoms with E-state index in [0.29, 0.717) is 17.7 Å². The van der Waals surface area contributed by atoms with E-state index in [1.165, 1.54) is 12.8 Å². The van der Waals surface area contributed by atoms with Crippen molar-refractivity contribution in [2.75, 3.05) is 19.6 Å². The van der Waals surface area contributed by atoms with Gasteiger partial charge in [0.2, 0.25) is 0 Å².